The van der Waals surface area contributed by atoms with Gasteiger partial charge in [0.15, 0.2) is 0 Å². The van der Waals surface area contributed by atoms with Crippen LogP contribution in [0.1, 0.15) is 34.1 Å². The van der Waals surface area contributed by atoms with Gasteiger partial charge in [0.1, 0.15) is 0 Å². The summed E-state index contributed by atoms with van der Waals surface area (Å²) in [6.45, 7) is 13.2. The number of likely N-dealkylation sites (N-methyl/N-ethyl adjacent to an activating group) is 2. The summed E-state index contributed by atoms with van der Waals surface area (Å²) < 4.78 is 0. The van der Waals surface area contributed by atoms with Gasteiger partial charge >= 0.3 is 0 Å². The molecule has 4 heteroatoms. The van der Waals surface area contributed by atoms with E-state index in [1.54, 1.807) is 0 Å². The fourth-order valence-electron chi connectivity index (χ4n) is 2.75. The van der Waals surface area contributed by atoms with E-state index in [0.29, 0.717) is 12.1 Å². The second-order valence-electron chi connectivity index (χ2n) is 6.12. The third-order valence-corrected chi connectivity index (χ3v) is 4.37. The van der Waals surface area contributed by atoms with E-state index in [1.165, 1.54) is 0 Å². The molecule has 0 aromatic heterocycles. The summed E-state index contributed by atoms with van der Waals surface area (Å²) in [7, 11) is 2.21. The molecule has 1 heterocycles. The quantitative estimate of drug-likeness (QED) is 0.737. The molecule has 0 aromatic carbocycles. The molecule has 0 amide bonds. The van der Waals surface area contributed by atoms with Crippen LogP contribution < -0.4 is 5.32 Å². The highest BCUT2D eigenvalue weighted by Gasteiger charge is 2.28. The standard InChI is InChI=1S/C14H31N3O/c1-6-15-14(4,11-18)7-8-17-9-12(2)16(5)13(3)10-17/h12-13,15,18H,6-11H2,1-5H3. The highest BCUT2D eigenvalue weighted by molar-refractivity contribution is 4.87. The van der Waals surface area contributed by atoms with E-state index in [9.17, 15) is 5.11 Å². The van der Waals surface area contributed by atoms with Crippen LogP contribution in [0.3, 0.4) is 0 Å². The minimum Gasteiger partial charge on any atom is -0.394 e. The highest BCUT2D eigenvalue weighted by atomic mass is 16.3. The average molecular weight is 257 g/mol. The fourth-order valence-corrected chi connectivity index (χ4v) is 2.75. The molecule has 0 radical (unpaired) electrons. The predicted octanol–water partition coefficient (Wildman–Crippen LogP) is 0.761. The van der Waals surface area contributed by atoms with Crippen molar-refractivity contribution < 1.29 is 5.11 Å². The number of hydrogen-bond acceptors (Lipinski definition) is 4. The lowest BCUT2D eigenvalue weighted by Crippen LogP contribution is -2.56. The van der Waals surface area contributed by atoms with Crippen LogP contribution >= 0.6 is 0 Å². The Morgan fingerprint density at radius 3 is 2.28 bits per heavy atom. The van der Waals surface area contributed by atoms with Gasteiger partial charge in [-0.05, 0) is 40.8 Å². The molecule has 3 atom stereocenters. The van der Waals surface area contributed by atoms with Crippen LogP contribution in [0.4, 0.5) is 0 Å². The van der Waals surface area contributed by atoms with Crippen LogP contribution in [-0.2, 0) is 0 Å². The van der Waals surface area contributed by atoms with Crippen LogP contribution in [0.5, 0.6) is 0 Å². The molecule has 1 rings (SSSR count). The number of aliphatic hydroxyl groups is 1. The van der Waals surface area contributed by atoms with E-state index in [4.69, 9.17) is 0 Å². The normalized spacial score (nSPS) is 30.3. The van der Waals surface area contributed by atoms with Gasteiger partial charge in [-0.15, -0.1) is 0 Å². The Kier molecular flexibility index (Phi) is 6.05. The van der Waals surface area contributed by atoms with Gasteiger partial charge in [-0.1, -0.05) is 6.92 Å². The van der Waals surface area contributed by atoms with Crippen molar-refractivity contribution in [1.29, 1.82) is 0 Å². The van der Waals surface area contributed by atoms with Crippen molar-refractivity contribution in [2.45, 2.75) is 51.7 Å². The number of piperazine rings is 1. The Labute approximate surface area is 112 Å². The summed E-state index contributed by atoms with van der Waals surface area (Å²) >= 11 is 0. The van der Waals surface area contributed by atoms with Crippen LogP contribution in [0.2, 0.25) is 0 Å². The van der Waals surface area contributed by atoms with E-state index >= 15 is 0 Å². The minimum absolute atomic E-state index is 0.134. The Balaban J connectivity index is 2.43. The molecule has 0 saturated carbocycles. The zero-order chi connectivity index (χ0) is 13.8. The predicted molar refractivity (Wildman–Crippen MR) is 76.9 cm³/mol. The van der Waals surface area contributed by atoms with Gasteiger partial charge in [0, 0.05) is 37.3 Å². The topological polar surface area (TPSA) is 38.7 Å². The summed E-state index contributed by atoms with van der Waals surface area (Å²) in [4.78, 5) is 4.98. The van der Waals surface area contributed by atoms with Gasteiger partial charge in [0.25, 0.3) is 0 Å². The summed E-state index contributed by atoms with van der Waals surface area (Å²) in [6, 6.07) is 1.24. The second kappa shape index (κ2) is 6.85. The fraction of sp³-hybridized carbons (Fsp3) is 1.00. The average Bonchev–Trinajstić information content (AvgIpc) is 2.33. The molecular formula is C14H31N3O. The van der Waals surface area contributed by atoms with Gasteiger partial charge < -0.3 is 15.3 Å². The molecule has 1 aliphatic heterocycles. The van der Waals surface area contributed by atoms with Crippen molar-refractivity contribution >= 4 is 0 Å². The molecule has 4 nitrogen and oxygen atoms in total. The van der Waals surface area contributed by atoms with Crippen LogP contribution in [0.25, 0.3) is 0 Å². The molecule has 3 unspecified atom stereocenters. The van der Waals surface area contributed by atoms with E-state index in [1.807, 2.05) is 0 Å². The van der Waals surface area contributed by atoms with Crippen molar-refractivity contribution in [2.75, 3.05) is 39.8 Å². The molecule has 1 aliphatic rings. The van der Waals surface area contributed by atoms with Crippen molar-refractivity contribution in [3.8, 4) is 0 Å². The Morgan fingerprint density at radius 2 is 1.83 bits per heavy atom. The smallest absolute Gasteiger partial charge is 0.0611 e. The summed E-state index contributed by atoms with van der Waals surface area (Å²) in [5.41, 5.74) is -0.134. The van der Waals surface area contributed by atoms with Crippen molar-refractivity contribution in [3.63, 3.8) is 0 Å². The lowest BCUT2D eigenvalue weighted by atomic mass is 9.97. The minimum atomic E-state index is -0.134. The SMILES string of the molecule is CCNC(C)(CO)CCN1CC(C)N(C)C(C)C1. The maximum Gasteiger partial charge on any atom is 0.0611 e. The third-order valence-electron chi connectivity index (χ3n) is 4.37. The molecule has 0 spiro atoms. The van der Waals surface area contributed by atoms with E-state index in [2.05, 4.69) is 49.9 Å². The highest BCUT2D eigenvalue weighted by Crippen LogP contribution is 2.16. The first kappa shape index (κ1) is 15.9. The van der Waals surface area contributed by atoms with Gasteiger partial charge in [-0.2, -0.15) is 0 Å². The first-order chi connectivity index (χ1) is 8.41. The van der Waals surface area contributed by atoms with Gasteiger partial charge in [0.2, 0.25) is 0 Å². The number of hydrogen-bond donors (Lipinski definition) is 2. The zero-order valence-electron chi connectivity index (χ0n) is 12.7. The molecule has 108 valence electrons. The molecule has 2 N–H and O–H groups in total. The molecule has 0 bridgehead atoms. The molecule has 1 saturated heterocycles. The van der Waals surface area contributed by atoms with Crippen molar-refractivity contribution in [3.05, 3.63) is 0 Å². The number of nitrogens with one attached hydrogen (secondary N) is 1. The van der Waals surface area contributed by atoms with E-state index in [-0.39, 0.29) is 12.1 Å². The Morgan fingerprint density at radius 1 is 1.28 bits per heavy atom. The lowest BCUT2D eigenvalue weighted by Gasteiger charge is -2.43. The number of nitrogens with zero attached hydrogens (tertiary/aromatic N) is 2. The van der Waals surface area contributed by atoms with Gasteiger partial charge in [0.05, 0.1) is 6.61 Å². The van der Waals surface area contributed by atoms with E-state index in [0.717, 1.165) is 32.6 Å². The van der Waals surface area contributed by atoms with Gasteiger partial charge in [-0.3, -0.25) is 4.90 Å². The largest absolute Gasteiger partial charge is 0.394 e. The van der Waals surface area contributed by atoms with Crippen molar-refractivity contribution in [1.82, 2.24) is 15.1 Å². The summed E-state index contributed by atoms with van der Waals surface area (Å²) in [6.07, 6.45) is 1.00. The maximum atomic E-state index is 9.50. The second-order valence-corrected chi connectivity index (χ2v) is 6.12. The van der Waals surface area contributed by atoms with Crippen LogP contribution in [0, 0.1) is 0 Å². The van der Waals surface area contributed by atoms with Crippen molar-refractivity contribution in [2.24, 2.45) is 0 Å². The zero-order valence-corrected chi connectivity index (χ0v) is 12.7. The molecule has 18 heavy (non-hydrogen) atoms. The number of rotatable bonds is 6. The maximum absolute atomic E-state index is 9.50. The monoisotopic (exact) mass is 257 g/mol. The van der Waals surface area contributed by atoms with Crippen LogP contribution in [0.15, 0.2) is 0 Å². The number of aliphatic hydroxyl groups excluding tert-OH is 1. The molecular weight excluding hydrogens is 226 g/mol. The molecule has 1 fully saturated rings. The van der Waals surface area contributed by atoms with E-state index < -0.39 is 0 Å². The molecule has 0 aliphatic carbocycles. The third kappa shape index (κ3) is 4.19. The Bertz CT molecular complexity index is 237. The first-order valence-electron chi connectivity index (χ1n) is 7.22. The summed E-state index contributed by atoms with van der Waals surface area (Å²) in [5.74, 6) is 0. The Hall–Kier alpha value is -0.160. The summed E-state index contributed by atoms with van der Waals surface area (Å²) in [5, 5.41) is 12.9. The lowest BCUT2D eigenvalue weighted by molar-refractivity contribution is 0.0503. The van der Waals surface area contributed by atoms with Gasteiger partial charge in [-0.25, -0.2) is 0 Å². The van der Waals surface area contributed by atoms with Crippen LogP contribution in [-0.4, -0.2) is 72.4 Å². The molecule has 0 aromatic rings. The first-order valence-corrected chi connectivity index (χ1v) is 7.22.